The topological polar surface area (TPSA) is 0 Å². The van der Waals surface area contributed by atoms with Crippen LogP contribution in [0.2, 0.25) is 0 Å². The maximum atomic E-state index is 2.53. The van der Waals surface area contributed by atoms with Crippen LogP contribution < -0.4 is 0 Å². The Hall–Kier alpha value is -0.160. The van der Waals surface area contributed by atoms with Gasteiger partial charge in [-0.2, -0.15) is 0 Å². The summed E-state index contributed by atoms with van der Waals surface area (Å²) in [4.78, 5) is 0. The van der Waals surface area contributed by atoms with Gasteiger partial charge in [-0.25, -0.2) is 0 Å². The highest BCUT2D eigenvalue weighted by Crippen LogP contribution is 2.35. The number of nitrogens with zero attached hydrogens (tertiary/aromatic N) is 4. The van der Waals surface area contributed by atoms with Gasteiger partial charge >= 0.3 is 0 Å². The summed E-state index contributed by atoms with van der Waals surface area (Å²) in [5, 5.41) is 0. The normalized spacial score (nSPS) is 12.4. The third kappa shape index (κ3) is 51.1. The van der Waals surface area contributed by atoms with Crippen molar-refractivity contribution in [3.8, 4) is 0 Å². The molecule has 0 spiro atoms. The molecule has 0 saturated heterocycles. The van der Waals surface area contributed by atoms with E-state index in [9.17, 15) is 0 Å². The Labute approximate surface area is 516 Å². The molecule has 0 rings (SSSR count). The average Bonchev–Trinajstić information content (AvgIpc) is 3.37. The maximum absolute atomic E-state index is 2.53. The Balaban J connectivity index is -0.000000212. The molecule has 0 aliphatic heterocycles. The van der Waals surface area contributed by atoms with Crippen LogP contribution in [-0.4, -0.2) is 123 Å². The van der Waals surface area contributed by atoms with Crippen LogP contribution in [0.3, 0.4) is 0 Å². The zero-order valence-electron chi connectivity index (χ0n) is 62.1. The number of quaternary nitrogens is 4. The van der Waals surface area contributed by atoms with E-state index in [4.69, 9.17) is 0 Å². The summed E-state index contributed by atoms with van der Waals surface area (Å²) in [6.07, 6.45) is 42.9. The first-order valence-corrected chi connectivity index (χ1v) is 35.4. The van der Waals surface area contributed by atoms with Crippen LogP contribution in [0.25, 0.3) is 0 Å². The molecule has 0 aliphatic rings. The largest absolute Gasteiger partial charge is 0.358 e. The van der Waals surface area contributed by atoms with Crippen LogP contribution in [0.15, 0.2) is 0 Å². The molecule has 80 heavy (non-hydrogen) atoms. The summed E-state index contributed by atoms with van der Waals surface area (Å²) in [6, 6.07) is 0. The summed E-state index contributed by atoms with van der Waals surface area (Å²) >= 11 is 0. The van der Waals surface area contributed by atoms with E-state index in [2.05, 4.69) is 145 Å². The van der Waals surface area contributed by atoms with Crippen molar-refractivity contribution in [2.24, 2.45) is 22.2 Å². The van der Waals surface area contributed by atoms with Crippen molar-refractivity contribution in [2.75, 3.05) is 105 Å². The molecular weight excluding hydrogens is 969 g/mol. The van der Waals surface area contributed by atoms with E-state index in [-0.39, 0.29) is 29.7 Å². The molecule has 0 heterocycles. The Morgan fingerprint density at radius 2 is 0.412 bits per heavy atom. The van der Waals surface area contributed by atoms with Crippen molar-refractivity contribution >= 4 is 0 Å². The lowest BCUT2D eigenvalue weighted by Crippen LogP contribution is -2.54. The first-order valence-electron chi connectivity index (χ1n) is 35.4. The molecular formula is C76H170N4. The molecule has 0 radical (unpaired) electrons. The van der Waals surface area contributed by atoms with Crippen molar-refractivity contribution in [1.82, 2.24) is 0 Å². The molecule has 0 fully saturated rings. The van der Waals surface area contributed by atoms with E-state index in [0.29, 0.717) is 16.2 Å². The van der Waals surface area contributed by atoms with Gasteiger partial charge in [-0.15, -0.1) is 0 Å². The monoisotopic (exact) mass is 1140 g/mol. The number of unbranched alkanes of at least 4 members (excludes halogenated alkanes) is 13. The molecule has 0 N–H and O–H groups in total. The van der Waals surface area contributed by atoms with Gasteiger partial charge in [0.25, 0.3) is 0 Å². The van der Waals surface area contributed by atoms with E-state index in [1.54, 1.807) is 0 Å². The van der Waals surface area contributed by atoms with Crippen LogP contribution in [0.4, 0.5) is 0 Å². The maximum Gasteiger partial charge on any atom is 0.0835 e. The number of rotatable bonds is 49. The molecule has 0 saturated carbocycles. The quantitative estimate of drug-likeness (QED) is 0.0324. The van der Waals surface area contributed by atoms with Crippen LogP contribution >= 0.6 is 0 Å². The summed E-state index contributed by atoms with van der Waals surface area (Å²) in [5.41, 5.74) is 1.39. The Bertz CT molecular complexity index is 1060. The fraction of sp³-hybridized carbons (Fsp3) is 0.947. The van der Waals surface area contributed by atoms with Gasteiger partial charge in [0.2, 0.25) is 0 Å². The van der Waals surface area contributed by atoms with Gasteiger partial charge in [0.1, 0.15) is 0 Å². The van der Waals surface area contributed by atoms with Crippen LogP contribution in [0, 0.1) is 51.9 Å². The lowest BCUT2D eigenvalue weighted by molar-refractivity contribution is -0.934. The molecule has 0 aliphatic carbocycles. The second-order valence-corrected chi connectivity index (χ2v) is 29.5. The van der Waals surface area contributed by atoms with Gasteiger partial charge < -0.3 is 47.6 Å². The molecule has 0 atom stereocenters. The standard InChI is InChI=1S/C35H76N2.C20H44N.C17H38N.4CH3/c1-10-16-26-36(27-17-11-2,28-18-12-3)32-22-24-34(35(7,8)9)25-23-33-37(29-19-13-4,30-20-14-5)31-21-15-6;1-7-10-16-21(17-11-8-2,18-12-9-3)19-14-13-15-20(4,5)6;1-7-10-13-18(14-11-8-2,15-12-9-3)16-17(4,5)6;;;;/h34H,10-33H2,1-9H3;7-19H2,1-6H3;7-16H2,1-6H3;4*1H3/q+2;2*+1;4*-1. The Morgan fingerprint density at radius 3 is 0.588 bits per heavy atom. The lowest BCUT2D eigenvalue weighted by atomic mass is 9.75. The fourth-order valence-electron chi connectivity index (χ4n) is 13.0. The lowest BCUT2D eigenvalue weighted by Gasteiger charge is -2.43. The molecule has 0 aromatic carbocycles. The van der Waals surface area contributed by atoms with Gasteiger partial charge in [0.15, 0.2) is 0 Å². The molecule has 0 aromatic rings. The van der Waals surface area contributed by atoms with Gasteiger partial charge in [-0.3, -0.25) is 0 Å². The zero-order chi connectivity index (χ0) is 58.3. The van der Waals surface area contributed by atoms with Crippen molar-refractivity contribution in [3.63, 3.8) is 0 Å². The predicted octanol–water partition coefficient (Wildman–Crippen LogP) is 24.1. The number of hydrogen-bond donors (Lipinski definition) is 0. The smallest absolute Gasteiger partial charge is 0.0835 e. The van der Waals surface area contributed by atoms with Crippen molar-refractivity contribution in [2.45, 2.75) is 344 Å². The molecule has 4 heteroatoms. The highest BCUT2D eigenvalue weighted by Gasteiger charge is 2.33. The van der Waals surface area contributed by atoms with Crippen molar-refractivity contribution in [1.29, 1.82) is 0 Å². The molecule has 0 bridgehead atoms. The number of hydrogen-bond acceptors (Lipinski definition) is 0. The van der Waals surface area contributed by atoms with E-state index in [1.807, 2.05) is 0 Å². The van der Waals surface area contributed by atoms with Crippen LogP contribution in [0.5, 0.6) is 0 Å². The van der Waals surface area contributed by atoms with Crippen molar-refractivity contribution in [3.05, 3.63) is 29.7 Å². The minimum Gasteiger partial charge on any atom is -0.358 e. The molecule has 494 valence electrons. The van der Waals surface area contributed by atoms with E-state index < -0.39 is 0 Å². The van der Waals surface area contributed by atoms with Gasteiger partial charge in [0, 0.05) is 5.41 Å². The highest BCUT2D eigenvalue weighted by atomic mass is 15.4. The van der Waals surface area contributed by atoms with Gasteiger partial charge in [0.05, 0.1) is 105 Å². The van der Waals surface area contributed by atoms with E-state index in [0.717, 1.165) is 5.92 Å². The highest BCUT2D eigenvalue weighted by molar-refractivity contribution is 4.75. The van der Waals surface area contributed by atoms with Crippen LogP contribution in [0.1, 0.15) is 344 Å². The minimum atomic E-state index is 0. The predicted molar refractivity (Wildman–Crippen MR) is 378 cm³/mol. The van der Waals surface area contributed by atoms with E-state index >= 15 is 0 Å². The second kappa shape index (κ2) is 56.6. The average molecular weight is 1140 g/mol. The Kier molecular flexibility index (Phi) is 66.2. The summed E-state index contributed by atoms with van der Waals surface area (Å²) in [5.74, 6) is 0.864. The van der Waals surface area contributed by atoms with Gasteiger partial charge in [-0.05, 0) is 139 Å². The fourth-order valence-corrected chi connectivity index (χ4v) is 13.0. The molecule has 4 nitrogen and oxygen atoms in total. The first-order chi connectivity index (χ1) is 36.0. The molecule has 0 unspecified atom stereocenters. The van der Waals surface area contributed by atoms with E-state index in [1.165, 1.54) is 322 Å². The van der Waals surface area contributed by atoms with Crippen LogP contribution in [-0.2, 0) is 0 Å². The SMILES string of the molecule is CCCC[N+](CCCC)(CCCC)CC(C)(C)C.CCCC[N+](CCCC)(CCCC)CCCC(CCC[N+](CCCC)(CCCC)CCCC)C(C)(C)C.CCCC[N+](CCCC)(CCCC)CCCCC(C)(C)C.[CH3-].[CH3-].[CH3-].[CH3-]. The molecule has 0 amide bonds. The summed E-state index contributed by atoms with van der Waals surface area (Å²) in [6.45, 7) is 72.8. The summed E-state index contributed by atoms with van der Waals surface area (Å²) < 4.78 is 5.62. The van der Waals surface area contributed by atoms with Crippen molar-refractivity contribution < 1.29 is 17.9 Å². The third-order valence-electron chi connectivity index (χ3n) is 18.0. The third-order valence-corrected chi connectivity index (χ3v) is 18.0. The zero-order valence-corrected chi connectivity index (χ0v) is 62.1. The summed E-state index contributed by atoms with van der Waals surface area (Å²) in [7, 11) is 0. The second-order valence-electron chi connectivity index (χ2n) is 29.5. The molecule has 0 aromatic heterocycles. The van der Waals surface area contributed by atoms with Gasteiger partial charge in [-0.1, -0.05) is 222 Å². The minimum absolute atomic E-state index is 0. The first kappa shape index (κ1) is 93.5. The Morgan fingerprint density at radius 1 is 0.225 bits per heavy atom.